The van der Waals surface area contributed by atoms with E-state index in [4.69, 9.17) is 21.6 Å². The Labute approximate surface area is 179 Å². The van der Waals surface area contributed by atoms with Gasteiger partial charge in [-0.3, -0.25) is 4.98 Å². The molecule has 0 aliphatic carbocycles. The normalized spacial score (nSPS) is 15.2. The Kier molecular flexibility index (Phi) is 5.86. The molecule has 2 aromatic carbocycles. The van der Waals surface area contributed by atoms with E-state index >= 15 is 0 Å². The third-order valence-corrected chi connectivity index (χ3v) is 5.58. The molecule has 4 rings (SSSR count). The third-order valence-electron chi connectivity index (χ3n) is 5.27. The molecule has 0 unspecified atom stereocenters. The molecular formula is C23H20ClN3O3. The van der Waals surface area contributed by atoms with Crippen molar-refractivity contribution in [2.75, 3.05) is 18.5 Å². The van der Waals surface area contributed by atoms with Crippen molar-refractivity contribution in [1.82, 2.24) is 4.98 Å². The number of aliphatic hydroxyl groups is 2. The zero-order chi connectivity index (χ0) is 21.1. The number of fused-ring (bicyclic) bond motifs is 1. The number of anilines is 1. The number of pyridine rings is 1. The second kappa shape index (κ2) is 8.72. The molecule has 3 N–H and O–H groups in total. The summed E-state index contributed by atoms with van der Waals surface area (Å²) >= 11 is 6.18. The third kappa shape index (κ3) is 4.10. The summed E-state index contributed by atoms with van der Waals surface area (Å²) in [7, 11) is 0. The number of nitrogens with zero attached hydrogens (tertiary/aromatic N) is 2. The molecule has 7 heteroatoms. The van der Waals surface area contributed by atoms with Gasteiger partial charge >= 0.3 is 0 Å². The molecule has 3 aromatic rings. The number of rotatable bonds is 5. The van der Waals surface area contributed by atoms with Gasteiger partial charge in [0, 0.05) is 24.2 Å². The van der Waals surface area contributed by atoms with E-state index in [1.54, 1.807) is 24.4 Å². The first kappa shape index (κ1) is 20.2. The van der Waals surface area contributed by atoms with Crippen LogP contribution in [0.15, 0.2) is 54.9 Å². The molecular weight excluding hydrogens is 402 g/mol. The van der Waals surface area contributed by atoms with E-state index < -0.39 is 6.29 Å². The number of aliphatic hydroxyl groups excluding tert-OH is 1. The topological polar surface area (TPSA) is 98.4 Å². The second-order valence-corrected chi connectivity index (χ2v) is 7.52. The Morgan fingerprint density at radius 3 is 2.77 bits per heavy atom. The van der Waals surface area contributed by atoms with Crippen LogP contribution >= 0.6 is 11.6 Å². The molecule has 0 radical (unpaired) electrons. The Hall–Kier alpha value is -3.11. The van der Waals surface area contributed by atoms with E-state index in [1.165, 1.54) is 6.20 Å². The van der Waals surface area contributed by atoms with Gasteiger partial charge in [0.2, 0.25) is 0 Å². The standard InChI is InChI=1S/C23H20ClN3O3/c24-20-9-14(1-2-16(20)11-25)15-3-4-18-17(6-8-30-22(18)10-15)12-27-21-13-26-7-5-19(21)23(28)29/h1-5,7,9-10,13,17,23,27-29H,6,8,12H2/t17-/m1/s1. The highest BCUT2D eigenvalue weighted by Gasteiger charge is 2.22. The molecule has 1 aliphatic heterocycles. The minimum Gasteiger partial charge on any atom is -0.493 e. The van der Waals surface area contributed by atoms with Crippen LogP contribution in [0.4, 0.5) is 5.69 Å². The largest absolute Gasteiger partial charge is 0.493 e. The Morgan fingerprint density at radius 2 is 2.00 bits per heavy atom. The summed E-state index contributed by atoms with van der Waals surface area (Å²) in [5, 5.41) is 31.8. The number of benzene rings is 2. The highest BCUT2D eigenvalue weighted by Crippen LogP contribution is 2.37. The van der Waals surface area contributed by atoms with E-state index in [0.29, 0.717) is 35.0 Å². The minimum absolute atomic E-state index is 0.205. The van der Waals surface area contributed by atoms with Crippen molar-refractivity contribution in [3.63, 3.8) is 0 Å². The zero-order valence-electron chi connectivity index (χ0n) is 16.0. The smallest absolute Gasteiger partial charge is 0.180 e. The maximum absolute atomic E-state index is 9.53. The lowest BCUT2D eigenvalue weighted by Gasteiger charge is -2.27. The van der Waals surface area contributed by atoms with Crippen molar-refractivity contribution in [3.8, 4) is 22.9 Å². The summed E-state index contributed by atoms with van der Waals surface area (Å²) in [6.07, 6.45) is 2.41. The minimum atomic E-state index is -1.56. The van der Waals surface area contributed by atoms with Crippen molar-refractivity contribution in [1.29, 1.82) is 5.26 Å². The Balaban J connectivity index is 1.55. The van der Waals surface area contributed by atoms with E-state index in [2.05, 4.69) is 16.4 Å². The first-order valence-electron chi connectivity index (χ1n) is 9.57. The zero-order valence-corrected chi connectivity index (χ0v) is 16.8. The van der Waals surface area contributed by atoms with Crippen LogP contribution in [0, 0.1) is 11.3 Å². The predicted octanol–water partition coefficient (Wildman–Crippen LogP) is 4.24. The average molecular weight is 422 g/mol. The molecule has 2 heterocycles. The number of nitriles is 1. The van der Waals surface area contributed by atoms with Crippen LogP contribution in [0.3, 0.4) is 0 Å². The molecule has 0 spiro atoms. The molecule has 0 saturated carbocycles. The van der Waals surface area contributed by atoms with Gasteiger partial charge < -0.3 is 20.3 Å². The van der Waals surface area contributed by atoms with Gasteiger partial charge in [-0.25, -0.2) is 0 Å². The molecule has 0 bridgehead atoms. The monoisotopic (exact) mass is 421 g/mol. The van der Waals surface area contributed by atoms with Gasteiger partial charge in [-0.05, 0) is 47.4 Å². The molecule has 1 aromatic heterocycles. The Bertz CT molecular complexity index is 1110. The van der Waals surface area contributed by atoms with Crippen molar-refractivity contribution in [3.05, 3.63) is 76.6 Å². The molecule has 1 aliphatic rings. The van der Waals surface area contributed by atoms with Gasteiger partial charge in [0.15, 0.2) is 6.29 Å². The maximum Gasteiger partial charge on any atom is 0.180 e. The first-order valence-corrected chi connectivity index (χ1v) is 9.95. The fourth-order valence-corrected chi connectivity index (χ4v) is 3.87. The van der Waals surface area contributed by atoms with Crippen LogP contribution in [0.25, 0.3) is 11.1 Å². The molecule has 0 saturated heterocycles. The van der Waals surface area contributed by atoms with Gasteiger partial charge in [0.25, 0.3) is 0 Å². The molecule has 0 fully saturated rings. The van der Waals surface area contributed by atoms with Crippen LogP contribution in [0.1, 0.15) is 35.3 Å². The lowest BCUT2D eigenvalue weighted by atomic mass is 9.90. The summed E-state index contributed by atoms with van der Waals surface area (Å²) in [6.45, 7) is 1.21. The van der Waals surface area contributed by atoms with Crippen molar-refractivity contribution < 1.29 is 14.9 Å². The van der Waals surface area contributed by atoms with Crippen LogP contribution in [0.2, 0.25) is 5.02 Å². The lowest BCUT2D eigenvalue weighted by Crippen LogP contribution is -2.21. The van der Waals surface area contributed by atoms with Crippen LogP contribution in [0.5, 0.6) is 5.75 Å². The number of nitrogens with one attached hydrogen (secondary N) is 1. The van der Waals surface area contributed by atoms with Gasteiger partial charge in [0.05, 0.1) is 29.1 Å². The average Bonchev–Trinajstić information content (AvgIpc) is 2.77. The van der Waals surface area contributed by atoms with E-state index in [1.807, 2.05) is 24.3 Å². The van der Waals surface area contributed by atoms with Crippen molar-refractivity contribution in [2.24, 2.45) is 0 Å². The summed E-state index contributed by atoms with van der Waals surface area (Å²) < 4.78 is 5.90. The van der Waals surface area contributed by atoms with Crippen molar-refractivity contribution in [2.45, 2.75) is 18.6 Å². The summed E-state index contributed by atoms with van der Waals surface area (Å²) in [5.74, 6) is 1.02. The maximum atomic E-state index is 9.53. The summed E-state index contributed by atoms with van der Waals surface area (Å²) in [5.41, 5.74) is 4.42. The number of hydrogen-bond acceptors (Lipinski definition) is 6. The highest BCUT2D eigenvalue weighted by molar-refractivity contribution is 6.32. The van der Waals surface area contributed by atoms with Crippen LogP contribution in [-0.2, 0) is 0 Å². The highest BCUT2D eigenvalue weighted by atomic mass is 35.5. The number of ether oxygens (including phenoxy) is 1. The van der Waals surface area contributed by atoms with Crippen molar-refractivity contribution >= 4 is 17.3 Å². The number of halogens is 1. The quantitative estimate of drug-likeness (QED) is 0.533. The molecule has 0 amide bonds. The Morgan fingerprint density at radius 1 is 1.20 bits per heavy atom. The lowest BCUT2D eigenvalue weighted by molar-refractivity contribution is -0.0419. The fourth-order valence-electron chi connectivity index (χ4n) is 3.65. The molecule has 6 nitrogen and oxygen atoms in total. The van der Waals surface area contributed by atoms with Gasteiger partial charge in [-0.1, -0.05) is 29.8 Å². The van der Waals surface area contributed by atoms with E-state index in [-0.39, 0.29) is 5.92 Å². The first-order chi connectivity index (χ1) is 14.6. The van der Waals surface area contributed by atoms with Crippen LogP contribution < -0.4 is 10.1 Å². The van der Waals surface area contributed by atoms with Crippen LogP contribution in [-0.4, -0.2) is 28.3 Å². The SMILES string of the molecule is N#Cc1ccc(-c2ccc3c(c2)OCC[C@@H]3CNc2cnccc2C(O)O)cc1Cl. The van der Waals surface area contributed by atoms with Gasteiger partial charge in [0.1, 0.15) is 11.8 Å². The summed E-state index contributed by atoms with van der Waals surface area (Å²) in [6, 6.07) is 15.1. The number of hydrogen-bond donors (Lipinski definition) is 3. The summed E-state index contributed by atoms with van der Waals surface area (Å²) in [4.78, 5) is 4.06. The molecule has 1 atom stereocenters. The molecule has 152 valence electrons. The van der Waals surface area contributed by atoms with Gasteiger partial charge in [-0.15, -0.1) is 0 Å². The van der Waals surface area contributed by atoms with Gasteiger partial charge in [-0.2, -0.15) is 5.26 Å². The number of aromatic nitrogens is 1. The predicted molar refractivity (Wildman–Crippen MR) is 114 cm³/mol. The van der Waals surface area contributed by atoms with E-state index in [0.717, 1.165) is 28.9 Å². The fraction of sp³-hybridized carbons (Fsp3) is 0.217. The molecule has 30 heavy (non-hydrogen) atoms. The van der Waals surface area contributed by atoms with E-state index in [9.17, 15) is 10.2 Å². The second-order valence-electron chi connectivity index (χ2n) is 7.11.